The number of amides is 1. The quantitative estimate of drug-likeness (QED) is 0.355. The molecule has 1 N–H and O–H groups in total. The first-order valence-corrected chi connectivity index (χ1v) is 9.82. The molecule has 1 aromatic heterocycles. The third kappa shape index (κ3) is 4.44. The molecule has 0 fully saturated rings. The fourth-order valence-electron chi connectivity index (χ4n) is 3.46. The average Bonchev–Trinajstić information content (AvgIpc) is 3.06. The minimum Gasteiger partial charge on any atom is -0.465 e. The second kappa shape index (κ2) is 9.31. The third-order valence-electron chi connectivity index (χ3n) is 5.13. The van der Waals surface area contributed by atoms with Crippen LogP contribution in [0.3, 0.4) is 0 Å². The molecule has 0 saturated carbocycles. The summed E-state index contributed by atoms with van der Waals surface area (Å²) in [7, 11) is 1.33. The fraction of sp³-hybridized carbons (Fsp3) is 0.160. The number of esters is 1. The Labute approximate surface area is 185 Å². The molecule has 6 nitrogen and oxygen atoms in total. The van der Waals surface area contributed by atoms with Gasteiger partial charge in [0.2, 0.25) is 0 Å². The van der Waals surface area contributed by atoms with Crippen molar-refractivity contribution in [1.82, 2.24) is 4.57 Å². The maximum atomic E-state index is 13.9. The molecule has 3 rings (SSSR count). The number of aromatic nitrogens is 1. The largest absolute Gasteiger partial charge is 0.465 e. The van der Waals surface area contributed by atoms with Crippen LogP contribution in [0.1, 0.15) is 32.9 Å². The smallest absolute Gasteiger partial charge is 0.337 e. The van der Waals surface area contributed by atoms with Gasteiger partial charge in [-0.1, -0.05) is 18.2 Å². The van der Waals surface area contributed by atoms with Gasteiger partial charge in [-0.3, -0.25) is 4.79 Å². The third-order valence-corrected chi connectivity index (χ3v) is 5.13. The van der Waals surface area contributed by atoms with E-state index in [2.05, 4.69) is 5.32 Å². The number of halogens is 1. The first kappa shape index (κ1) is 22.5. The number of para-hydroxylation sites is 1. The Balaban J connectivity index is 2.01. The van der Waals surface area contributed by atoms with Crippen molar-refractivity contribution in [3.63, 3.8) is 0 Å². The van der Waals surface area contributed by atoms with E-state index in [9.17, 15) is 19.2 Å². The summed E-state index contributed by atoms with van der Waals surface area (Å²) in [6.45, 7) is 5.67. The summed E-state index contributed by atoms with van der Waals surface area (Å²) in [6.07, 6.45) is 1.47. The van der Waals surface area contributed by atoms with Crippen molar-refractivity contribution in [2.45, 2.75) is 20.8 Å². The van der Waals surface area contributed by atoms with Crippen molar-refractivity contribution < 1.29 is 18.7 Å². The maximum Gasteiger partial charge on any atom is 0.337 e. The summed E-state index contributed by atoms with van der Waals surface area (Å²) >= 11 is 0. The molecule has 0 aliphatic rings. The van der Waals surface area contributed by atoms with E-state index in [1.54, 1.807) is 18.2 Å². The lowest BCUT2D eigenvalue weighted by molar-refractivity contribution is -0.112. The lowest BCUT2D eigenvalue weighted by atomic mass is 10.1. The highest BCUT2D eigenvalue weighted by molar-refractivity contribution is 6.09. The van der Waals surface area contributed by atoms with Crippen LogP contribution >= 0.6 is 0 Å². The molecule has 162 valence electrons. The van der Waals surface area contributed by atoms with Gasteiger partial charge in [0.1, 0.15) is 17.5 Å². The van der Waals surface area contributed by atoms with Gasteiger partial charge < -0.3 is 14.6 Å². The molecular weight excluding hydrogens is 409 g/mol. The minimum atomic E-state index is -0.703. The van der Waals surface area contributed by atoms with Crippen molar-refractivity contribution in [1.29, 1.82) is 5.26 Å². The van der Waals surface area contributed by atoms with E-state index in [-0.39, 0.29) is 11.3 Å². The van der Waals surface area contributed by atoms with Crippen molar-refractivity contribution in [3.8, 4) is 11.8 Å². The molecule has 0 aliphatic heterocycles. The Kier molecular flexibility index (Phi) is 6.55. The summed E-state index contributed by atoms with van der Waals surface area (Å²) < 4.78 is 20.6. The summed E-state index contributed by atoms with van der Waals surface area (Å²) in [5.41, 5.74) is 4.27. The van der Waals surface area contributed by atoms with E-state index >= 15 is 0 Å². The van der Waals surface area contributed by atoms with Crippen molar-refractivity contribution in [2.75, 3.05) is 12.4 Å². The lowest BCUT2D eigenvalue weighted by Gasteiger charge is -2.14. The second-order valence-electron chi connectivity index (χ2n) is 7.26. The van der Waals surface area contributed by atoms with E-state index in [1.165, 1.54) is 31.4 Å². The number of anilines is 1. The van der Waals surface area contributed by atoms with Crippen LogP contribution in [0.5, 0.6) is 0 Å². The monoisotopic (exact) mass is 431 g/mol. The summed E-state index contributed by atoms with van der Waals surface area (Å²) in [4.78, 5) is 24.5. The molecule has 0 atom stereocenters. The van der Waals surface area contributed by atoms with Gasteiger partial charge in [0.05, 0.1) is 18.4 Å². The highest BCUT2D eigenvalue weighted by Gasteiger charge is 2.17. The first-order valence-electron chi connectivity index (χ1n) is 9.82. The molecule has 0 bridgehead atoms. The number of ether oxygens (including phenoxy) is 1. The molecule has 32 heavy (non-hydrogen) atoms. The van der Waals surface area contributed by atoms with Gasteiger partial charge in [-0.15, -0.1) is 0 Å². The van der Waals surface area contributed by atoms with Crippen molar-refractivity contribution in [3.05, 3.63) is 88.0 Å². The van der Waals surface area contributed by atoms with Crippen LogP contribution in [0.25, 0.3) is 11.8 Å². The molecule has 0 spiro atoms. The number of rotatable bonds is 5. The Morgan fingerprint density at radius 2 is 1.84 bits per heavy atom. The predicted octanol–water partition coefficient (Wildman–Crippen LogP) is 4.87. The van der Waals surface area contributed by atoms with Gasteiger partial charge >= 0.3 is 5.97 Å². The number of carbonyl (C=O) groups is 2. The number of nitrogens with zero attached hydrogens (tertiary/aromatic N) is 2. The minimum absolute atomic E-state index is 0.000581. The summed E-state index contributed by atoms with van der Waals surface area (Å²) in [5, 5.41) is 12.0. The van der Waals surface area contributed by atoms with Crippen LogP contribution in [0, 0.1) is 37.9 Å². The van der Waals surface area contributed by atoms with Gasteiger partial charge in [0, 0.05) is 17.1 Å². The van der Waals surface area contributed by atoms with E-state index < -0.39 is 17.7 Å². The SMILES string of the molecule is COC(=O)c1ccc(C)c(-n2c(C)cc(/C=C(/C#N)C(=O)Nc3ccccc3F)c2C)c1. The van der Waals surface area contributed by atoms with Gasteiger partial charge in [-0.05, 0) is 68.3 Å². The van der Waals surface area contributed by atoms with Crippen LogP contribution in [0.2, 0.25) is 0 Å². The molecule has 0 aliphatic carbocycles. The van der Waals surface area contributed by atoms with Crippen LogP contribution < -0.4 is 5.32 Å². The molecule has 0 radical (unpaired) electrons. The Morgan fingerprint density at radius 1 is 1.12 bits per heavy atom. The Bertz CT molecular complexity index is 1280. The topological polar surface area (TPSA) is 84.1 Å². The Hall–Kier alpha value is -4.18. The first-order chi connectivity index (χ1) is 15.3. The summed E-state index contributed by atoms with van der Waals surface area (Å²) in [5.74, 6) is -1.73. The molecule has 1 amide bonds. The van der Waals surface area contributed by atoms with Gasteiger partial charge in [0.15, 0.2) is 0 Å². The number of nitrogens with one attached hydrogen (secondary N) is 1. The molecule has 0 saturated heterocycles. The Morgan fingerprint density at radius 3 is 2.50 bits per heavy atom. The number of hydrogen-bond acceptors (Lipinski definition) is 4. The number of hydrogen-bond donors (Lipinski definition) is 1. The second-order valence-corrected chi connectivity index (χ2v) is 7.26. The molecule has 0 unspecified atom stereocenters. The van der Waals surface area contributed by atoms with Crippen LogP contribution in [-0.2, 0) is 9.53 Å². The number of nitriles is 1. The van der Waals surface area contributed by atoms with Crippen molar-refractivity contribution in [2.24, 2.45) is 0 Å². The zero-order chi connectivity index (χ0) is 23.4. The molecular formula is C25H22FN3O3. The standard InChI is InChI=1S/C25H22FN3O3/c1-15-9-10-18(25(31)32-4)13-23(15)29-16(2)11-19(17(29)3)12-20(14-27)24(30)28-22-8-6-5-7-21(22)26/h5-13H,1-4H3,(H,28,30)/b20-12-. The van der Waals surface area contributed by atoms with Gasteiger partial charge in [-0.25, -0.2) is 9.18 Å². The number of benzene rings is 2. The van der Waals surface area contributed by atoms with Crippen LogP contribution in [0.4, 0.5) is 10.1 Å². The number of carbonyl (C=O) groups excluding carboxylic acids is 2. The summed E-state index contributed by atoms with van der Waals surface area (Å²) in [6, 6.07) is 14.7. The fourth-order valence-corrected chi connectivity index (χ4v) is 3.46. The normalized spacial score (nSPS) is 11.1. The maximum absolute atomic E-state index is 13.9. The zero-order valence-electron chi connectivity index (χ0n) is 18.2. The molecule has 2 aromatic carbocycles. The zero-order valence-corrected chi connectivity index (χ0v) is 18.2. The lowest BCUT2D eigenvalue weighted by Crippen LogP contribution is -2.14. The van der Waals surface area contributed by atoms with Crippen LogP contribution in [0.15, 0.2) is 54.1 Å². The van der Waals surface area contributed by atoms with Crippen molar-refractivity contribution >= 4 is 23.6 Å². The number of methoxy groups -OCH3 is 1. The van der Waals surface area contributed by atoms with Gasteiger partial charge in [0.25, 0.3) is 5.91 Å². The van der Waals surface area contributed by atoms with E-state index in [0.29, 0.717) is 11.1 Å². The average molecular weight is 431 g/mol. The van der Waals surface area contributed by atoms with E-state index in [4.69, 9.17) is 4.74 Å². The highest BCUT2D eigenvalue weighted by Crippen LogP contribution is 2.26. The highest BCUT2D eigenvalue weighted by atomic mass is 19.1. The molecule has 3 aromatic rings. The molecule has 7 heteroatoms. The van der Waals surface area contributed by atoms with E-state index in [0.717, 1.165) is 22.6 Å². The number of aryl methyl sites for hydroxylation is 2. The predicted molar refractivity (Wildman–Crippen MR) is 120 cm³/mol. The molecule has 1 heterocycles. The van der Waals surface area contributed by atoms with E-state index in [1.807, 2.05) is 43.5 Å². The van der Waals surface area contributed by atoms with Crippen LogP contribution in [-0.4, -0.2) is 23.6 Å². The van der Waals surface area contributed by atoms with Gasteiger partial charge in [-0.2, -0.15) is 5.26 Å².